The van der Waals surface area contributed by atoms with Crippen molar-refractivity contribution in [3.63, 3.8) is 0 Å². The molecule has 2 N–H and O–H groups in total. The summed E-state index contributed by atoms with van der Waals surface area (Å²) in [6.07, 6.45) is 0.942. The van der Waals surface area contributed by atoms with Gasteiger partial charge < -0.3 is 10.1 Å². The highest BCUT2D eigenvalue weighted by atomic mass is 16.3. The molecule has 2 rings (SSSR count). The summed E-state index contributed by atoms with van der Waals surface area (Å²) in [6, 6.07) is 7.86. The number of aromatic amines is 1. The molecule has 84 valence electrons. The Morgan fingerprint density at radius 1 is 1.25 bits per heavy atom. The second-order valence-electron chi connectivity index (χ2n) is 3.86. The highest BCUT2D eigenvalue weighted by molar-refractivity contribution is 5.62. The van der Waals surface area contributed by atoms with Crippen molar-refractivity contribution in [2.45, 2.75) is 26.9 Å². The number of hydrogen-bond acceptors (Lipinski definition) is 2. The molecule has 16 heavy (non-hydrogen) atoms. The summed E-state index contributed by atoms with van der Waals surface area (Å²) in [4.78, 5) is 7.75. The van der Waals surface area contributed by atoms with Crippen molar-refractivity contribution in [1.82, 2.24) is 9.97 Å². The summed E-state index contributed by atoms with van der Waals surface area (Å²) in [5, 5.41) is 8.98. The van der Waals surface area contributed by atoms with E-state index in [0.717, 1.165) is 34.8 Å². The maximum atomic E-state index is 8.98. The van der Waals surface area contributed by atoms with Crippen LogP contribution in [0.4, 0.5) is 0 Å². The summed E-state index contributed by atoms with van der Waals surface area (Å²) < 4.78 is 0. The van der Waals surface area contributed by atoms with Gasteiger partial charge in [0.05, 0.1) is 12.3 Å². The molecule has 0 unspecified atom stereocenters. The second-order valence-corrected chi connectivity index (χ2v) is 3.86. The van der Waals surface area contributed by atoms with E-state index in [1.54, 1.807) is 0 Å². The lowest BCUT2D eigenvalue weighted by atomic mass is 10.1. The van der Waals surface area contributed by atoms with E-state index in [4.69, 9.17) is 5.11 Å². The Morgan fingerprint density at radius 2 is 1.94 bits per heavy atom. The molecule has 1 heterocycles. The number of aliphatic hydroxyl groups is 1. The molecule has 2 aromatic rings. The minimum Gasteiger partial charge on any atom is -0.392 e. The fraction of sp³-hybridized carbons (Fsp3) is 0.308. The first-order valence-corrected chi connectivity index (χ1v) is 5.50. The van der Waals surface area contributed by atoms with Crippen LogP contribution in [0.5, 0.6) is 0 Å². The van der Waals surface area contributed by atoms with Gasteiger partial charge in [-0.25, -0.2) is 4.98 Å². The van der Waals surface area contributed by atoms with E-state index in [2.05, 4.69) is 16.9 Å². The number of aromatic nitrogens is 2. The van der Waals surface area contributed by atoms with Crippen LogP contribution in [0, 0.1) is 6.92 Å². The fourth-order valence-corrected chi connectivity index (χ4v) is 1.80. The normalized spacial score (nSPS) is 10.7. The number of nitrogens with zero attached hydrogens (tertiary/aromatic N) is 1. The Labute approximate surface area is 95.2 Å². The van der Waals surface area contributed by atoms with Gasteiger partial charge in [0.25, 0.3) is 0 Å². The molecule has 0 radical (unpaired) electrons. The number of rotatable bonds is 3. The Balaban J connectivity index is 2.41. The van der Waals surface area contributed by atoms with Crippen LogP contribution in [-0.2, 0) is 13.0 Å². The van der Waals surface area contributed by atoms with E-state index in [1.807, 2.05) is 31.2 Å². The van der Waals surface area contributed by atoms with Crippen molar-refractivity contribution < 1.29 is 5.11 Å². The SMILES string of the molecule is CCc1[nH]c(C)nc1-c1ccc(CO)cc1. The zero-order chi connectivity index (χ0) is 11.5. The van der Waals surface area contributed by atoms with Gasteiger partial charge in [-0.05, 0) is 18.9 Å². The standard InChI is InChI=1S/C13H16N2O/c1-3-12-13(15-9(2)14-12)11-6-4-10(8-16)5-7-11/h4-7,16H,3,8H2,1-2H3,(H,14,15). The predicted octanol–water partition coefficient (Wildman–Crippen LogP) is 2.44. The Kier molecular flexibility index (Phi) is 3.06. The molecule has 0 fully saturated rings. The first-order chi connectivity index (χ1) is 7.74. The van der Waals surface area contributed by atoms with Crippen LogP contribution < -0.4 is 0 Å². The second kappa shape index (κ2) is 4.49. The molecule has 0 aliphatic rings. The van der Waals surface area contributed by atoms with Crippen LogP contribution in [0.25, 0.3) is 11.3 Å². The predicted molar refractivity (Wildman–Crippen MR) is 64.1 cm³/mol. The maximum Gasteiger partial charge on any atom is 0.103 e. The van der Waals surface area contributed by atoms with Crippen LogP contribution >= 0.6 is 0 Å². The van der Waals surface area contributed by atoms with Crippen LogP contribution in [0.1, 0.15) is 24.0 Å². The third-order valence-corrected chi connectivity index (χ3v) is 2.66. The maximum absolute atomic E-state index is 8.98. The Morgan fingerprint density at radius 3 is 2.50 bits per heavy atom. The fourth-order valence-electron chi connectivity index (χ4n) is 1.80. The number of hydrogen-bond donors (Lipinski definition) is 2. The van der Waals surface area contributed by atoms with Crippen LogP contribution in [0.2, 0.25) is 0 Å². The molecule has 0 amide bonds. The molecule has 0 atom stereocenters. The first-order valence-electron chi connectivity index (χ1n) is 5.50. The van der Waals surface area contributed by atoms with E-state index in [0.29, 0.717) is 0 Å². The summed E-state index contributed by atoms with van der Waals surface area (Å²) >= 11 is 0. The van der Waals surface area contributed by atoms with Gasteiger partial charge in [0.15, 0.2) is 0 Å². The third kappa shape index (κ3) is 1.99. The molecule has 0 aliphatic heterocycles. The Hall–Kier alpha value is -1.61. The van der Waals surface area contributed by atoms with E-state index < -0.39 is 0 Å². The number of aliphatic hydroxyl groups excluding tert-OH is 1. The first kappa shape index (κ1) is 10.9. The molecule has 0 saturated carbocycles. The van der Waals surface area contributed by atoms with Gasteiger partial charge in [0.1, 0.15) is 5.82 Å². The zero-order valence-corrected chi connectivity index (χ0v) is 9.62. The van der Waals surface area contributed by atoms with Gasteiger partial charge in [0.2, 0.25) is 0 Å². The third-order valence-electron chi connectivity index (χ3n) is 2.66. The summed E-state index contributed by atoms with van der Waals surface area (Å²) in [5.41, 5.74) is 4.20. The van der Waals surface area contributed by atoms with Crippen molar-refractivity contribution in [2.24, 2.45) is 0 Å². The lowest BCUT2D eigenvalue weighted by Gasteiger charge is -2.01. The number of H-pyrrole nitrogens is 1. The summed E-state index contributed by atoms with van der Waals surface area (Å²) in [5.74, 6) is 0.943. The number of nitrogens with one attached hydrogen (secondary N) is 1. The van der Waals surface area contributed by atoms with Gasteiger partial charge in [-0.15, -0.1) is 0 Å². The highest BCUT2D eigenvalue weighted by Crippen LogP contribution is 2.22. The van der Waals surface area contributed by atoms with Gasteiger partial charge >= 0.3 is 0 Å². The van der Waals surface area contributed by atoms with Crippen LogP contribution in [0.15, 0.2) is 24.3 Å². The monoisotopic (exact) mass is 216 g/mol. The average molecular weight is 216 g/mol. The molecule has 0 aliphatic carbocycles. The highest BCUT2D eigenvalue weighted by Gasteiger charge is 2.08. The smallest absolute Gasteiger partial charge is 0.103 e. The van der Waals surface area contributed by atoms with Gasteiger partial charge in [0, 0.05) is 11.3 Å². The van der Waals surface area contributed by atoms with Crippen molar-refractivity contribution in [2.75, 3.05) is 0 Å². The number of benzene rings is 1. The van der Waals surface area contributed by atoms with E-state index in [9.17, 15) is 0 Å². The molecule has 0 spiro atoms. The van der Waals surface area contributed by atoms with E-state index in [1.165, 1.54) is 0 Å². The largest absolute Gasteiger partial charge is 0.392 e. The molecule has 1 aromatic carbocycles. The summed E-state index contributed by atoms with van der Waals surface area (Å²) in [6.45, 7) is 4.16. The molecular weight excluding hydrogens is 200 g/mol. The average Bonchev–Trinajstić information content (AvgIpc) is 2.70. The van der Waals surface area contributed by atoms with E-state index in [-0.39, 0.29) is 6.61 Å². The quantitative estimate of drug-likeness (QED) is 0.827. The number of imidazole rings is 1. The van der Waals surface area contributed by atoms with Gasteiger partial charge in [-0.3, -0.25) is 0 Å². The topological polar surface area (TPSA) is 48.9 Å². The van der Waals surface area contributed by atoms with Crippen molar-refractivity contribution in [3.05, 3.63) is 41.3 Å². The minimum absolute atomic E-state index is 0.0838. The van der Waals surface area contributed by atoms with Gasteiger partial charge in [-0.2, -0.15) is 0 Å². The van der Waals surface area contributed by atoms with Gasteiger partial charge in [-0.1, -0.05) is 31.2 Å². The van der Waals surface area contributed by atoms with Crippen LogP contribution in [0.3, 0.4) is 0 Å². The van der Waals surface area contributed by atoms with E-state index >= 15 is 0 Å². The summed E-state index contributed by atoms with van der Waals surface area (Å²) in [7, 11) is 0. The molecule has 0 bridgehead atoms. The molecule has 3 nitrogen and oxygen atoms in total. The van der Waals surface area contributed by atoms with Crippen LogP contribution in [-0.4, -0.2) is 15.1 Å². The molecule has 1 aromatic heterocycles. The minimum atomic E-state index is 0.0838. The lowest BCUT2D eigenvalue weighted by Crippen LogP contribution is -1.87. The molecule has 3 heteroatoms. The molecular formula is C13H16N2O. The van der Waals surface area contributed by atoms with Crippen molar-refractivity contribution in [3.8, 4) is 11.3 Å². The Bertz CT molecular complexity index is 471. The van der Waals surface area contributed by atoms with Crippen molar-refractivity contribution in [1.29, 1.82) is 0 Å². The molecule has 0 saturated heterocycles. The van der Waals surface area contributed by atoms with Crippen molar-refractivity contribution >= 4 is 0 Å². The zero-order valence-electron chi connectivity index (χ0n) is 9.62. The number of aryl methyl sites for hydroxylation is 2. The lowest BCUT2D eigenvalue weighted by molar-refractivity contribution is 0.282.